The molecular formula is C31H42F3N5O4. The smallest absolute Gasteiger partial charge is 0.416 e. The van der Waals surface area contributed by atoms with E-state index in [-0.39, 0.29) is 11.9 Å². The summed E-state index contributed by atoms with van der Waals surface area (Å²) < 4.78 is 44.7. The zero-order valence-electron chi connectivity index (χ0n) is 24.9. The molecule has 0 bridgehead atoms. The Labute approximate surface area is 251 Å². The van der Waals surface area contributed by atoms with Crippen molar-refractivity contribution in [1.82, 2.24) is 20.9 Å². The fraction of sp³-hybridized carbons (Fsp3) is 0.452. The average molecular weight is 606 g/mol. The van der Waals surface area contributed by atoms with E-state index < -0.39 is 11.7 Å². The topological polar surface area (TPSA) is 112 Å². The first-order valence-corrected chi connectivity index (χ1v) is 14.2. The minimum Gasteiger partial charge on any atom is -0.494 e. The summed E-state index contributed by atoms with van der Waals surface area (Å²) in [5.41, 5.74) is 2.31. The number of ether oxygens (including phenoxy) is 1. The van der Waals surface area contributed by atoms with Crippen LogP contribution in [0.4, 0.5) is 18.9 Å². The molecule has 1 heterocycles. The Balaban J connectivity index is 0.00000151. The van der Waals surface area contributed by atoms with Gasteiger partial charge in [-0.2, -0.15) is 13.2 Å². The Hall–Kier alpha value is -3.90. The second-order valence-corrected chi connectivity index (χ2v) is 10.0. The summed E-state index contributed by atoms with van der Waals surface area (Å²) in [5.74, 6) is 0.731. The normalized spacial score (nSPS) is 13.5. The highest BCUT2D eigenvalue weighted by molar-refractivity contribution is 5.98. The fourth-order valence-corrected chi connectivity index (χ4v) is 4.38. The van der Waals surface area contributed by atoms with E-state index in [2.05, 4.69) is 21.3 Å². The molecular weight excluding hydrogens is 563 g/mol. The van der Waals surface area contributed by atoms with Gasteiger partial charge in [-0.1, -0.05) is 6.07 Å². The van der Waals surface area contributed by atoms with Crippen LogP contribution in [0.2, 0.25) is 0 Å². The van der Waals surface area contributed by atoms with Crippen LogP contribution < -0.4 is 26.0 Å². The number of carbonyl (C=O) groups excluding carboxylic acids is 3. The number of benzene rings is 2. The molecule has 2 aromatic carbocycles. The number of hydrogen-bond acceptors (Lipinski definition) is 7. The molecule has 3 rings (SSSR count). The average Bonchev–Trinajstić information content (AvgIpc) is 3.33. The minimum absolute atomic E-state index is 0.00209. The van der Waals surface area contributed by atoms with Gasteiger partial charge in [0.15, 0.2) is 0 Å². The van der Waals surface area contributed by atoms with Crippen molar-refractivity contribution in [3.8, 4) is 5.75 Å². The van der Waals surface area contributed by atoms with Gasteiger partial charge in [0.25, 0.3) is 5.91 Å². The maximum Gasteiger partial charge on any atom is 0.416 e. The molecule has 0 spiro atoms. The van der Waals surface area contributed by atoms with E-state index in [0.29, 0.717) is 56.7 Å². The maximum atomic E-state index is 12.9. The van der Waals surface area contributed by atoms with E-state index in [4.69, 9.17) is 9.53 Å². The summed E-state index contributed by atoms with van der Waals surface area (Å²) in [5, 5.41) is 11.6. The van der Waals surface area contributed by atoms with Gasteiger partial charge in [0.05, 0.1) is 12.2 Å². The number of likely N-dealkylation sites (N-methyl/N-ethyl adjacent to an activating group) is 1. The van der Waals surface area contributed by atoms with Crippen molar-refractivity contribution in [3.05, 3.63) is 70.9 Å². The summed E-state index contributed by atoms with van der Waals surface area (Å²) in [4.78, 5) is 34.2. The summed E-state index contributed by atoms with van der Waals surface area (Å²) >= 11 is 0. The van der Waals surface area contributed by atoms with Crippen molar-refractivity contribution in [2.24, 2.45) is 0 Å². The number of carbonyl (C=O) groups is 3. The van der Waals surface area contributed by atoms with E-state index in [1.165, 1.54) is 6.07 Å². The number of alkyl halides is 3. The lowest BCUT2D eigenvalue weighted by atomic mass is 10.1. The van der Waals surface area contributed by atoms with Crippen LogP contribution in [0.3, 0.4) is 0 Å². The first kappa shape index (κ1) is 35.3. The van der Waals surface area contributed by atoms with Gasteiger partial charge in [0.2, 0.25) is 6.41 Å². The van der Waals surface area contributed by atoms with Gasteiger partial charge in [-0.05, 0) is 87.3 Å². The molecule has 0 aromatic heterocycles. The maximum absolute atomic E-state index is 12.9. The zero-order chi connectivity index (χ0) is 31.7. The van der Waals surface area contributed by atoms with Crippen molar-refractivity contribution in [1.29, 1.82) is 0 Å². The molecule has 0 saturated carbocycles. The van der Waals surface area contributed by atoms with E-state index in [1.807, 2.05) is 32.2 Å². The Kier molecular flexibility index (Phi) is 15.3. The lowest BCUT2D eigenvalue weighted by molar-refractivity contribution is -0.137. The van der Waals surface area contributed by atoms with Crippen LogP contribution in [0, 0.1) is 0 Å². The van der Waals surface area contributed by atoms with Crippen molar-refractivity contribution >= 4 is 24.3 Å². The van der Waals surface area contributed by atoms with Crippen LogP contribution in [0.15, 0.2) is 54.2 Å². The van der Waals surface area contributed by atoms with Crippen LogP contribution >= 0.6 is 0 Å². The quantitative estimate of drug-likeness (QED) is 0.157. The molecule has 43 heavy (non-hydrogen) atoms. The molecule has 0 aliphatic carbocycles. The molecule has 4 N–H and O–H groups in total. The molecule has 9 nitrogen and oxygen atoms in total. The third-order valence-corrected chi connectivity index (χ3v) is 6.67. The number of amides is 2. The number of hydrogen-bond donors (Lipinski definition) is 4. The van der Waals surface area contributed by atoms with Gasteiger partial charge < -0.3 is 35.7 Å². The SMILES string of the molecule is CNC/C(=C\Nc1cccc(C(F)(F)F)c1)CNCCCCOc1ccc2c(c1)CN(C(C)CCC=O)C2=O.CNC=O. The third-order valence-electron chi connectivity index (χ3n) is 6.67. The van der Waals surface area contributed by atoms with Crippen LogP contribution in [0.1, 0.15) is 54.1 Å². The van der Waals surface area contributed by atoms with E-state index in [0.717, 1.165) is 54.7 Å². The number of anilines is 1. The lowest BCUT2D eigenvalue weighted by Crippen LogP contribution is -2.33. The van der Waals surface area contributed by atoms with Crippen LogP contribution in [-0.2, 0) is 22.3 Å². The molecule has 1 atom stereocenters. The molecule has 0 radical (unpaired) electrons. The van der Waals surface area contributed by atoms with Crippen LogP contribution in [0.5, 0.6) is 5.75 Å². The Morgan fingerprint density at radius 3 is 2.53 bits per heavy atom. The van der Waals surface area contributed by atoms with E-state index in [9.17, 15) is 22.8 Å². The molecule has 2 aromatic rings. The number of rotatable bonds is 17. The van der Waals surface area contributed by atoms with Gasteiger partial charge in [0, 0.05) is 56.6 Å². The molecule has 1 aliphatic heterocycles. The fourth-order valence-electron chi connectivity index (χ4n) is 4.38. The number of halogens is 3. The van der Waals surface area contributed by atoms with Crippen LogP contribution in [0.25, 0.3) is 0 Å². The summed E-state index contributed by atoms with van der Waals surface area (Å²) in [6, 6.07) is 10.7. The Bertz CT molecular complexity index is 1210. The highest BCUT2D eigenvalue weighted by atomic mass is 19.4. The van der Waals surface area contributed by atoms with Crippen molar-refractivity contribution < 1.29 is 32.3 Å². The Morgan fingerprint density at radius 2 is 1.86 bits per heavy atom. The van der Waals surface area contributed by atoms with Gasteiger partial charge in [-0.15, -0.1) is 0 Å². The number of aldehydes is 1. The zero-order valence-corrected chi connectivity index (χ0v) is 24.9. The predicted molar refractivity (Wildman–Crippen MR) is 161 cm³/mol. The molecule has 1 unspecified atom stereocenters. The third kappa shape index (κ3) is 12.1. The number of unbranched alkanes of at least 4 members (excludes halogenated alkanes) is 1. The molecule has 236 valence electrons. The highest BCUT2D eigenvalue weighted by Gasteiger charge is 2.31. The van der Waals surface area contributed by atoms with Crippen molar-refractivity contribution in [2.45, 2.75) is 51.4 Å². The largest absolute Gasteiger partial charge is 0.494 e. The van der Waals surface area contributed by atoms with Crippen molar-refractivity contribution in [3.63, 3.8) is 0 Å². The summed E-state index contributed by atoms with van der Waals surface area (Å²) in [7, 11) is 3.38. The van der Waals surface area contributed by atoms with Gasteiger partial charge >= 0.3 is 6.18 Å². The second-order valence-electron chi connectivity index (χ2n) is 10.0. The first-order chi connectivity index (χ1) is 20.6. The first-order valence-electron chi connectivity index (χ1n) is 14.2. The molecule has 0 saturated heterocycles. The minimum atomic E-state index is -4.38. The van der Waals surface area contributed by atoms with Gasteiger partial charge in [-0.25, -0.2) is 0 Å². The molecule has 1 aliphatic rings. The predicted octanol–water partition coefficient (Wildman–Crippen LogP) is 4.36. The van der Waals surface area contributed by atoms with Gasteiger partial charge in [0.1, 0.15) is 12.0 Å². The van der Waals surface area contributed by atoms with E-state index in [1.54, 1.807) is 24.2 Å². The number of nitrogens with one attached hydrogen (secondary N) is 4. The van der Waals surface area contributed by atoms with Crippen LogP contribution in [-0.4, -0.2) is 69.9 Å². The van der Waals surface area contributed by atoms with Crippen molar-refractivity contribution in [2.75, 3.05) is 45.7 Å². The number of fused-ring (bicyclic) bond motifs is 1. The molecule has 2 amide bonds. The molecule has 12 heteroatoms. The van der Waals surface area contributed by atoms with Gasteiger partial charge in [-0.3, -0.25) is 9.59 Å². The standard InChI is InChI=1S/C29H37F3N4O3.C2H5NO/c1-21(7-6-13-37)36-20-23-15-26(10-11-27(23)28(36)38)39-14-4-3-12-34-18-22(17-33-2)19-35-25-9-5-8-24(16-25)29(30,31)32;1-3-2-4/h5,8-11,13,15-16,19,21,33-35H,3-4,6-7,12,14,17-18,20H2,1-2H3;2H,1H3,(H,3,4)/b22-19+;. The Morgan fingerprint density at radius 1 is 1.09 bits per heavy atom. The summed E-state index contributed by atoms with van der Waals surface area (Å²) in [6.07, 6.45) is 1.67. The highest BCUT2D eigenvalue weighted by Crippen LogP contribution is 2.31. The second kappa shape index (κ2) is 18.6. The molecule has 0 fully saturated rings. The number of nitrogens with zero attached hydrogens (tertiary/aromatic N) is 1. The summed E-state index contributed by atoms with van der Waals surface area (Å²) in [6.45, 7) is 4.98. The van der Waals surface area contributed by atoms with E-state index >= 15 is 0 Å². The monoisotopic (exact) mass is 605 g/mol. The lowest BCUT2D eigenvalue weighted by Gasteiger charge is -2.23.